The van der Waals surface area contributed by atoms with Crippen molar-refractivity contribution in [2.45, 2.75) is 109 Å². The molecule has 1 aliphatic carbocycles. The Morgan fingerprint density at radius 3 is 2.19 bits per heavy atom. The number of rotatable bonds is 16. The summed E-state index contributed by atoms with van der Waals surface area (Å²) in [6.07, 6.45) is 20.6. The first-order valence-electron chi connectivity index (χ1n) is 11.2. The number of hydrogen-bond donors (Lipinski definition) is 0. The van der Waals surface area contributed by atoms with E-state index in [0.717, 1.165) is 32.2 Å². The van der Waals surface area contributed by atoms with Gasteiger partial charge < -0.3 is 14.2 Å². The molecule has 1 saturated heterocycles. The second-order valence-electron chi connectivity index (χ2n) is 8.53. The molecule has 26 heavy (non-hydrogen) atoms. The van der Waals surface area contributed by atoms with E-state index in [1.165, 1.54) is 83.5 Å². The van der Waals surface area contributed by atoms with Crippen LogP contribution in [0.4, 0.5) is 0 Å². The van der Waals surface area contributed by atoms with Crippen LogP contribution in [0.5, 0.6) is 0 Å². The van der Waals surface area contributed by atoms with E-state index in [-0.39, 0.29) is 5.60 Å². The van der Waals surface area contributed by atoms with Gasteiger partial charge in [-0.2, -0.15) is 0 Å². The van der Waals surface area contributed by atoms with E-state index in [9.17, 15) is 0 Å². The third-order valence-electron chi connectivity index (χ3n) is 6.27. The maximum atomic E-state index is 6.44. The normalized spacial score (nSPS) is 22.7. The molecule has 1 saturated carbocycles. The monoisotopic (exact) mass is 366 g/mol. The van der Waals surface area contributed by atoms with Crippen molar-refractivity contribution in [2.24, 2.45) is 5.92 Å². The predicted octanol–water partition coefficient (Wildman–Crippen LogP) is 6.41. The van der Waals surface area contributed by atoms with Gasteiger partial charge in [0.15, 0.2) is 0 Å². The van der Waals surface area contributed by atoms with Crippen LogP contribution in [-0.4, -0.2) is 31.5 Å². The molecule has 2 rings (SSSR count). The fraction of sp³-hybridized carbons (Fsp3) is 0.913. The van der Waals surface area contributed by atoms with Crippen molar-refractivity contribution in [1.82, 2.24) is 0 Å². The van der Waals surface area contributed by atoms with Crippen LogP contribution in [0, 0.1) is 5.92 Å². The standard InChI is InChI=1S/C23H42O3/c1-3-24-18-14-9-7-5-4-6-8-13-17-23(2,26-20-22-19-25-22)21-15-11-10-12-16-21/h3,21-22H,1,4-20H2,2H3. The van der Waals surface area contributed by atoms with Crippen molar-refractivity contribution in [1.29, 1.82) is 0 Å². The lowest BCUT2D eigenvalue weighted by Gasteiger charge is -2.40. The lowest BCUT2D eigenvalue weighted by molar-refractivity contribution is -0.0942. The fourth-order valence-electron chi connectivity index (χ4n) is 4.36. The highest BCUT2D eigenvalue weighted by molar-refractivity contribution is 4.87. The van der Waals surface area contributed by atoms with Crippen LogP contribution in [0.1, 0.15) is 96.8 Å². The summed E-state index contributed by atoms with van der Waals surface area (Å²) in [4.78, 5) is 0. The zero-order valence-electron chi connectivity index (χ0n) is 17.2. The van der Waals surface area contributed by atoms with E-state index in [2.05, 4.69) is 13.5 Å². The second kappa shape index (κ2) is 12.8. The van der Waals surface area contributed by atoms with Gasteiger partial charge in [0.1, 0.15) is 6.10 Å². The van der Waals surface area contributed by atoms with Crippen molar-refractivity contribution in [3.05, 3.63) is 12.8 Å². The van der Waals surface area contributed by atoms with E-state index in [1.807, 2.05) is 0 Å². The van der Waals surface area contributed by atoms with Gasteiger partial charge in [-0.05, 0) is 38.5 Å². The van der Waals surface area contributed by atoms with E-state index in [0.29, 0.717) is 6.10 Å². The van der Waals surface area contributed by atoms with Gasteiger partial charge in [0.05, 0.1) is 31.7 Å². The average Bonchev–Trinajstić information content (AvgIpc) is 3.50. The SMILES string of the molecule is C=COCCCCCCCCCCC(C)(OCC1CO1)C1CCCCC1. The third-order valence-corrected chi connectivity index (χ3v) is 6.27. The minimum Gasteiger partial charge on any atom is -0.502 e. The highest BCUT2D eigenvalue weighted by Gasteiger charge is 2.37. The lowest BCUT2D eigenvalue weighted by atomic mass is 9.75. The first-order chi connectivity index (χ1) is 12.7. The Balaban J connectivity index is 1.54. The maximum Gasteiger partial charge on any atom is 0.104 e. The molecule has 1 aliphatic heterocycles. The first-order valence-corrected chi connectivity index (χ1v) is 11.2. The Morgan fingerprint density at radius 1 is 0.962 bits per heavy atom. The van der Waals surface area contributed by atoms with E-state index < -0.39 is 0 Å². The van der Waals surface area contributed by atoms with Crippen LogP contribution in [0.3, 0.4) is 0 Å². The van der Waals surface area contributed by atoms with Crippen molar-refractivity contribution < 1.29 is 14.2 Å². The summed E-state index contributed by atoms with van der Waals surface area (Å²) >= 11 is 0. The molecule has 0 amide bonds. The van der Waals surface area contributed by atoms with Gasteiger partial charge in [-0.3, -0.25) is 0 Å². The summed E-state index contributed by atoms with van der Waals surface area (Å²) in [5, 5.41) is 0. The van der Waals surface area contributed by atoms with Gasteiger partial charge in [0.2, 0.25) is 0 Å². The quantitative estimate of drug-likeness (QED) is 0.180. The molecule has 2 aliphatic rings. The van der Waals surface area contributed by atoms with Crippen molar-refractivity contribution >= 4 is 0 Å². The van der Waals surface area contributed by atoms with Gasteiger partial charge in [0.25, 0.3) is 0 Å². The fourth-order valence-corrected chi connectivity index (χ4v) is 4.36. The van der Waals surface area contributed by atoms with Crippen LogP contribution >= 0.6 is 0 Å². The van der Waals surface area contributed by atoms with Gasteiger partial charge in [0, 0.05) is 0 Å². The highest BCUT2D eigenvalue weighted by atomic mass is 16.6. The number of hydrogen-bond acceptors (Lipinski definition) is 3. The first kappa shape index (κ1) is 21.8. The van der Waals surface area contributed by atoms with E-state index in [4.69, 9.17) is 14.2 Å². The van der Waals surface area contributed by atoms with Crippen LogP contribution in [0.15, 0.2) is 12.8 Å². The average molecular weight is 367 g/mol. The molecule has 152 valence electrons. The molecule has 0 N–H and O–H groups in total. The van der Waals surface area contributed by atoms with Gasteiger partial charge in [-0.25, -0.2) is 0 Å². The van der Waals surface area contributed by atoms with Crippen LogP contribution in [0.25, 0.3) is 0 Å². The summed E-state index contributed by atoms with van der Waals surface area (Å²) in [5.74, 6) is 0.757. The molecule has 0 radical (unpaired) electrons. The second-order valence-corrected chi connectivity index (χ2v) is 8.53. The lowest BCUT2D eigenvalue weighted by Crippen LogP contribution is -2.40. The largest absolute Gasteiger partial charge is 0.502 e. The smallest absolute Gasteiger partial charge is 0.104 e. The van der Waals surface area contributed by atoms with Crippen molar-refractivity contribution in [3.8, 4) is 0 Å². The summed E-state index contributed by atoms with van der Waals surface area (Å²) < 4.78 is 17.0. The van der Waals surface area contributed by atoms with E-state index >= 15 is 0 Å². The molecule has 2 unspecified atom stereocenters. The Kier molecular flexibility index (Phi) is 10.7. The van der Waals surface area contributed by atoms with Gasteiger partial charge >= 0.3 is 0 Å². The minimum atomic E-state index is 0.0809. The van der Waals surface area contributed by atoms with Crippen molar-refractivity contribution in [3.63, 3.8) is 0 Å². The molecule has 0 aromatic rings. The summed E-state index contributed by atoms with van der Waals surface area (Å²) in [5.41, 5.74) is 0.0809. The van der Waals surface area contributed by atoms with Crippen LogP contribution in [-0.2, 0) is 14.2 Å². The molecule has 0 spiro atoms. The number of unbranched alkanes of at least 4 members (excludes halogenated alkanes) is 7. The molecule has 3 nitrogen and oxygen atoms in total. The Morgan fingerprint density at radius 2 is 1.58 bits per heavy atom. The topological polar surface area (TPSA) is 31.0 Å². The minimum absolute atomic E-state index is 0.0809. The molecule has 0 bridgehead atoms. The molecular weight excluding hydrogens is 324 g/mol. The van der Waals surface area contributed by atoms with Crippen LogP contribution in [0.2, 0.25) is 0 Å². The van der Waals surface area contributed by atoms with Crippen molar-refractivity contribution in [2.75, 3.05) is 19.8 Å². The Labute approximate surface area is 161 Å². The van der Waals surface area contributed by atoms with Gasteiger partial charge in [-0.1, -0.05) is 70.8 Å². The predicted molar refractivity (Wildman–Crippen MR) is 108 cm³/mol. The summed E-state index contributed by atoms with van der Waals surface area (Å²) in [6, 6.07) is 0. The third kappa shape index (κ3) is 8.90. The zero-order chi connectivity index (χ0) is 18.5. The number of epoxide rings is 1. The molecule has 1 heterocycles. The molecule has 3 heteroatoms. The van der Waals surface area contributed by atoms with Gasteiger partial charge in [-0.15, -0.1) is 0 Å². The molecule has 2 fully saturated rings. The van der Waals surface area contributed by atoms with E-state index in [1.54, 1.807) is 6.26 Å². The zero-order valence-corrected chi connectivity index (χ0v) is 17.2. The summed E-state index contributed by atoms with van der Waals surface area (Å²) in [6.45, 7) is 8.49. The molecular formula is C23H42O3. The maximum absolute atomic E-state index is 6.44. The Hall–Kier alpha value is -0.540. The van der Waals surface area contributed by atoms with Crippen LogP contribution < -0.4 is 0 Å². The highest BCUT2D eigenvalue weighted by Crippen LogP contribution is 2.39. The number of ether oxygens (including phenoxy) is 3. The molecule has 2 atom stereocenters. The molecule has 0 aromatic heterocycles. The Bertz CT molecular complexity index is 360. The molecule has 0 aromatic carbocycles. The summed E-state index contributed by atoms with van der Waals surface area (Å²) in [7, 11) is 0.